The van der Waals surface area contributed by atoms with Crippen LogP contribution in [0.1, 0.15) is 10.5 Å². The Balaban J connectivity index is 2.76. The van der Waals surface area contributed by atoms with Gasteiger partial charge in [0.05, 0.1) is 12.2 Å². The number of carboxylic acid groups (broad SMARTS) is 1. The predicted octanol–water partition coefficient (Wildman–Crippen LogP) is 0.526. The average molecular weight is 201 g/mol. The number of nitrogens with two attached hydrogens (primary N) is 1. The van der Waals surface area contributed by atoms with Crippen molar-refractivity contribution in [1.29, 1.82) is 0 Å². The molecule has 0 aliphatic rings. The van der Waals surface area contributed by atoms with Gasteiger partial charge in [0, 0.05) is 11.9 Å². The second kappa shape index (κ2) is 4.18. The van der Waals surface area contributed by atoms with Crippen LogP contribution in [0.3, 0.4) is 0 Å². The number of aromatic carboxylic acids is 1. The minimum atomic E-state index is -1.08. The van der Waals surface area contributed by atoms with Crippen molar-refractivity contribution in [3.63, 3.8) is 0 Å². The molecule has 0 spiro atoms. The fraction of sp³-hybridized carbons (Fsp3) is 0.429. The van der Waals surface area contributed by atoms with Gasteiger partial charge in [0.25, 0.3) is 0 Å². The van der Waals surface area contributed by atoms with Crippen LogP contribution in [-0.2, 0) is 6.54 Å². The molecule has 0 amide bonds. The second-order valence-electron chi connectivity index (χ2n) is 2.49. The molecular formula is C7H11N3O2S. The number of carboxylic acids is 1. The van der Waals surface area contributed by atoms with Crippen molar-refractivity contribution in [3.8, 4) is 0 Å². The van der Waals surface area contributed by atoms with Gasteiger partial charge in [-0.15, -0.1) is 0 Å². The number of hydrogen-bond acceptors (Lipinski definition) is 4. The third-order valence-corrected chi connectivity index (χ3v) is 2.11. The normalized spacial score (nSPS) is 10.2. The Morgan fingerprint density at radius 1 is 1.85 bits per heavy atom. The smallest absolute Gasteiger partial charge is 0.358 e. The van der Waals surface area contributed by atoms with Crippen LogP contribution < -0.4 is 5.73 Å². The molecule has 3 N–H and O–H groups in total. The van der Waals surface area contributed by atoms with Crippen molar-refractivity contribution in [2.24, 2.45) is 0 Å². The van der Waals surface area contributed by atoms with E-state index >= 15 is 0 Å². The van der Waals surface area contributed by atoms with E-state index in [1.54, 1.807) is 22.6 Å². The minimum absolute atomic E-state index is 0.0684. The molecule has 0 radical (unpaired) electrons. The first-order valence-electron chi connectivity index (χ1n) is 3.70. The number of nitrogens with zero attached hydrogens (tertiary/aromatic N) is 2. The summed E-state index contributed by atoms with van der Waals surface area (Å²) in [5, 5.41) is 12.5. The van der Waals surface area contributed by atoms with Gasteiger partial charge in [-0.3, -0.25) is 4.68 Å². The fourth-order valence-corrected chi connectivity index (χ4v) is 1.27. The molecule has 0 bridgehead atoms. The van der Waals surface area contributed by atoms with E-state index in [1.807, 2.05) is 6.26 Å². The molecule has 1 heterocycles. The largest absolute Gasteiger partial charge is 0.476 e. The summed E-state index contributed by atoms with van der Waals surface area (Å²) in [5.41, 5.74) is 5.59. The highest BCUT2D eigenvalue weighted by atomic mass is 32.2. The molecule has 72 valence electrons. The molecule has 0 aliphatic heterocycles. The summed E-state index contributed by atoms with van der Waals surface area (Å²) >= 11 is 1.67. The first-order chi connectivity index (χ1) is 6.15. The van der Waals surface area contributed by atoms with Gasteiger partial charge in [0.15, 0.2) is 5.69 Å². The molecular weight excluding hydrogens is 190 g/mol. The van der Waals surface area contributed by atoms with E-state index in [0.29, 0.717) is 6.54 Å². The summed E-state index contributed by atoms with van der Waals surface area (Å²) in [6.45, 7) is 0.679. The maximum atomic E-state index is 10.5. The highest BCUT2D eigenvalue weighted by Crippen LogP contribution is 2.09. The van der Waals surface area contributed by atoms with Gasteiger partial charge in [0.2, 0.25) is 0 Å². The molecule has 0 saturated heterocycles. The summed E-state index contributed by atoms with van der Waals surface area (Å²) in [7, 11) is 0. The van der Waals surface area contributed by atoms with Gasteiger partial charge in [-0.05, 0) is 6.26 Å². The first-order valence-corrected chi connectivity index (χ1v) is 5.09. The van der Waals surface area contributed by atoms with E-state index in [2.05, 4.69) is 5.10 Å². The van der Waals surface area contributed by atoms with Crippen LogP contribution in [0.15, 0.2) is 6.20 Å². The van der Waals surface area contributed by atoms with Crippen LogP contribution in [0.2, 0.25) is 0 Å². The maximum absolute atomic E-state index is 10.5. The lowest BCUT2D eigenvalue weighted by molar-refractivity contribution is 0.0690. The summed E-state index contributed by atoms with van der Waals surface area (Å²) in [6, 6.07) is 0. The van der Waals surface area contributed by atoms with E-state index in [-0.39, 0.29) is 11.4 Å². The molecule has 5 nitrogen and oxygen atoms in total. The van der Waals surface area contributed by atoms with Crippen LogP contribution in [0, 0.1) is 0 Å². The number of anilines is 1. The van der Waals surface area contributed by atoms with Crippen LogP contribution in [0.25, 0.3) is 0 Å². The van der Waals surface area contributed by atoms with Crippen LogP contribution in [-0.4, -0.2) is 32.9 Å². The monoisotopic (exact) mass is 201 g/mol. The van der Waals surface area contributed by atoms with E-state index in [4.69, 9.17) is 10.8 Å². The third kappa shape index (κ3) is 2.38. The molecule has 1 rings (SSSR count). The average Bonchev–Trinajstić information content (AvgIpc) is 2.43. The van der Waals surface area contributed by atoms with Gasteiger partial charge in [-0.1, -0.05) is 0 Å². The van der Waals surface area contributed by atoms with E-state index in [9.17, 15) is 4.79 Å². The SMILES string of the molecule is CSCCn1cc(N)c(C(=O)O)n1. The van der Waals surface area contributed by atoms with Crippen molar-refractivity contribution in [3.05, 3.63) is 11.9 Å². The topological polar surface area (TPSA) is 81.1 Å². The van der Waals surface area contributed by atoms with E-state index in [1.165, 1.54) is 0 Å². The quantitative estimate of drug-likeness (QED) is 0.742. The lowest BCUT2D eigenvalue weighted by Gasteiger charge is -1.96. The Bertz CT molecular complexity index is 311. The Morgan fingerprint density at radius 2 is 2.54 bits per heavy atom. The third-order valence-electron chi connectivity index (χ3n) is 1.52. The lowest BCUT2D eigenvalue weighted by Crippen LogP contribution is -2.04. The minimum Gasteiger partial charge on any atom is -0.476 e. The van der Waals surface area contributed by atoms with E-state index < -0.39 is 5.97 Å². The second-order valence-corrected chi connectivity index (χ2v) is 3.48. The summed E-state index contributed by atoms with van der Waals surface area (Å²) in [4.78, 5) is 10.5. The van der Waals surface area contributed by atoms with Crippen LogP contribution >= 0.6 is 11.8 Å². The zero-order chi connectivity index (χ0) is 9.84. The van der Waals surface area contributed by atoms with Gasteiger partial charge in [-0.2, -0.15) is 16.9 Å². The molecule has 1 aromatic rings. The van der Waals surface area contributed by atoms with Crippen LogP contribution in [0.5, 0.6) is 0 Å². The molecule has 6 heteroatoms. The van der Waals surface area contributed by atoms with Crippen molar-refractivity contribution >= 4 is 23.4 Å². The van der Waals surface area contributed by atoms with Crippen LogP contribution in [0.4, 0.5) is 5.69 Å². The molecule has 0 fully saturated rings. The highest BCUT2D eigenvalue weighted by Gasteiger charge is 2.12. The number of rotatable bonds is 4. The molecule has 1 aromatic heterocycles. The summed E-state index contributed by atoms with van der Waals surface area (Å²) in [6.07, 6.45) is 3.52. The van der Waals surface area contributed by atoms with Gasteiger partial charge in [-0.25, -0.2) is 4.79 Å². The standard InChI is InChI=1S/C7H11N3O2S/c1-13-3-2-10-4-5(8)6(9-10)7(11)12/h4H,2-3,8H2,1H3,(H,11,12). The Kier molecular flexibility index (Phi) is 3.18. The predicted molar refractivity (Wildman–Crippen MR) is 52.0 cm³/mol. The Hall–Kier alpha value is -1.17. The van der Waals surface area contributed by atoms with Gasteiger partial charge < -0.3 is 10.8 Å². The van der Waals surface area contributed by atoms with Crippen molar-refractivity contribution in [2.45, 2.75) is 6.54 Å². The number of hydrogen-bond donors (Lipinski definition) is 2. The van der Waals surface area contributed by atoms with Crippen molar-refractivity contribution in [2.75, 3.05) is 17.7 Å². The van der Waals surface area contributed by atoms with Crippen molar-refractivity contribution in [1.82, 2.24) is 9.78 Å². The Labute approximate surface area is 79.9 Å². The molecule has 0 aromatic carbocycles. The number of thioether (sulfide) groups is 1. The summed E-state index contributed by atoms with van der Waals surface area (Å²) < 4.78 is 1.55. The fourth-order valence-electron chi connectivity index (χ4n) is 0.902. The zero-order valence-corrected chi connectivity index (χ0v) is 8.04. The van der Waals surface area contributed by atoms with Gasteiger partial charge in [0.1, 0.15) is 0 Å². The van der Waals surface area contributed by atoms with Gasteiger partial charge >= 0.3 is 5.97 Å². The number of aromatic nitrogens is 2. The molecule has 0 saturated carbocycles. The summed E-state index contributed by atoms with van der Waals surface area (Å²) in [5.74, 6) is -0.194. The molecule has 0 atom stereocenters. The van der Waals surface area contributed by atoms with E-state index in [0.717, 1.165) is 5.75 Å². The molecule has 13 heavy (non-hydrogen) atoms. The highest BCUT2D eigenvalue weighted by molar-refractivity contribution is 7.98. The molecule has 0 aliphatic carbocycles. The molecule has 0 unspecified atom stereocenters. The van der Waals surface area contributed by atoms with Crippen molar-refractivity contribution < 1.29 is 9.90 Å². The number of nitrogen functional groups attached to an aromatic ring is 1. The Morgan fingerprint density at radius 3 is 3.00 bits per heavy atom. The maximum Gasteiger partial charge on any atom is 0.358 e. The number of aryl methyl sites for hydroxylation is 1. The lowest BCUT2D eigenvalue weighted by atomic mass is 10.4. The first kappa shape index (κ1) is 9.91. The number of carbonyl (C=O) groups is 1. The zero-order valence-electron chi connectivity index (χ0n) is 7.23.